The normalized spacial score (nSPS) is 19.6. The zero-order chi connectivity index (χ0) is 21.8. The van der Waals surface area contributed by atoms with Gasteiger partial charge in [0.05, 0.1) is 29.6 Å². The van der Waals surface area contributed by atoms with Crippen molar-refractivity contribution in [2.45, 2.75) is 30.2 Å². The molecule has 1 aliphatic heterocycles. The molecule has 2 aromatic carbocycles. The summed E-state index contributed by atoms with van der Waals surface area (Å²) >= 11 is 0. The fraction of sp³-hybridized carbons (Fsp3) is 0.316. The van der Waals surface area contributed by atoms with Gasteiger partial charge in [-0.2, -0.15) is 9.40 Å². The van der Waals surface area contributed by atoms with Crippen LogP contribution in [0.2, 0.25) is 0 Å². The third kappa shape index (κ3) is 3.22. The molecule has 1 saturated heterocycles. The molecule has 30 heavy (non-hydrogen) atoms. The Morgan fingerprint density at radius 3 is 2.67 bits per heavy atom. The number of alkyl halides is 2. The summed E-state index contributed by atoms with van der Waals surface area (Å²) in [6, 6.07) is 5.34. The number of nitrogens with two attached hydrogens (primary N) is 1. The van der Waals surface area contributed by atoms with Gasteiger partial charge in [-0.05, 0) is 36.2 Å². The predicted molar refractivity (Wildman–Crippen MR) is 105 cm³/mol. The van der Waals surface area contributed by atoms with Gasteiger partial charge in [-0.25, -0.2) is 21.6 Å². The molecule has 0 spiro atoms. The van der Waals surface area contributed by atoms with Crippen LogP contribution in [0.1, 0.15) is 12.0 Å². The van der Waals surface area contributed by atoms with Crippen LogP contribution < -0.4 is 5.73 Å². The number of hydrogen-bond donors (Lipinski definition) is 3. The molecule has 0 amide bonds. The van der Waals surface area contributed by atoms with Gasteiger partial charge in [-0.1, -0.05) is 12.1 Å². The number of anilines is 1. The summed E-state index contributed by atoms with van der Waals surface area (Å²) in [7, 11) is -4.42. The highest BCUT2D eigenvalue weighted by Crippen LogP contribution is 2.37. The summed E-state index contributed by atoms with van der Waals surface area (Å²) in [5.41, 5.74) is 7.83. The Hall–Kier alpha value is -2.63. The number of nitrogen functional groups attached to an aromatic ring is 1. The van der Waals surface area contributed by atoms with Crippen molar-refractivity contribution in [1.82, 2.24) is 14.5 Å². The van der Waals surface area contributed by atoms with Gasteiger partial charge < -0.3 is 10.8 Å². The van der Waals surface area contributed by atoms with Crippen LogP contribution in [0.15, 0.2) is 35.2 Å². The van der Waals surface area contributed by atoms with Crippen molar-refractivity contribution in [1.29, 1.82) is 0 Å². The highest BCUT2D eigenvalue weighted by atomic mass is 32.2. The second kappa shape index (κ2) is 6.96. The molecular weight excluding hydrogens is 421 g/mol. The molecule has 2 heterocycles. The van der Waals surface area contributed by atoms with Crippen LogP contribution >= 0.6 is 0 Å². The average molecular weight is 440 g/mol. The Labute approximate surface area is 170 Å². The second-order valence-corrected chi connectivity index (χ2v) is 9.25. The molecule has 4 rings (SSSR count). The van der Waals surface area contributed by atoms with Crippen molar-refractivity contribution < 1.29 is 26.7 Å². The number of nitrogens with zero attached hydrogens (tertiary/aromatic N) is 2. The van der Waals surface area contributed by atoms with E-state index >= 15 is 0 Å². The number of aliphatic hydroxyl groups is 1. The van der Waals surface area contributed by atoms with E-state index in [0.717, 1.165) is 6.07 Å². The third-order valence-electron chi connectivity index (χ3n) is 5.39. The lowest BCUT2D eigenvalue weighted by molar-refractivity contribution is 0.0161. The standard InChI is InChI=1S/C19H19F3N4O3S/c1-10-13(4-5-16-17(10)18(23)25-24-16)14-3-2-12(6-15(14)20)30(28,29)26-9-19(21,22)7-11(26)8-27/h2-6,11,27H,7-9H2,1H3,(H3,23,24,25)/t11-/m0/s1. The monoisotopic (exact) mass is 440 g/mol. The number of aliphatic hydroxyl groups excluding tert-OH is 1. The maximum absolute atomic E-state index is 15.0. The minimum absolute atomic E-state index is 0.138. The number of sulfonamides is 1. The fourth-order valence-corrected chi connectivity index (χ4v) is 5.57. The molecule has 7 nitrogen and oxygen atoms in total. The number of rotatable bonds is 4. The zero-order valence-corrected chi connectivity index (χ0v) is 16.7. The van der Waals surface area contributed by atoms with Crippen molar-refractivity contribution in [2.75, 3.05) is 18.9 Å². The third-order valence-corrected chi connectivity index (χ3v) is 7.29. The molecule has 0 bridgehead atoms. The molecule has 0 aliphatic carbocycles. The van der Waals surface area contributed by atoms with E-state index in [1.165, 1.54) is 12.1 Å². The lowest BCUT2D eigenvalue weighted by Crippen LogP contribution is -2.38. The summed E-state index contributed by atoms with van der Waals surface area (Å²) < 4.78 is 68.6. The van der Waals surface area contributed by atoms with Crippen LogP contribution in [0, 0.1) is 12.7 Å². The number of aromatic amines is 1. The zero-order valence-electron chi connectivity index (χ0n) is 15.9. The first-order chi connectivity index (χ1) is 14.0. The van der Waals surface area contributed by atoms with Crippen molar-refractivity contribution in [3.05, 3.63) is 41.7 Å². The van der Waals surface area contributed by atoms with Gasteiger partial charge in [0.2, 0.25) is 10.0 Å². The topological polar surface area (TPSA) is 112 Å². The van der Waals surface area contributed by atoms with Gasteiger partial charge in [0.1, 0.15) is 5.82 Å². The molecule has 1 aromatic heterocycles. The minimum atomic E-state index is -4.42. The molecule has 1 fully saturated rings. The number of aromatic nitrogens is 2. The minimum Gasteiger partial charge on any atom is -0.395 e. The number of fused-ring (bicyclic) bond motifs is 1. The van der Waals surface area contributed by atoms with Gasteiger partial charge in [-0.3, -0.25) is 5.10 Å². The van der Waals surface area contributed by atoms with E-state index in [2.05, 4.69) is 10.2 Å². The van der Waals surface area contributed by atoms with E-state index in [4.69, 9.17) is 5.73 Å². The summed E-state index contributed by atoms with van der Waals surface area (Å²) in [5.74, 6) is -3.82. The highest BCUT2D eigenvalue weighted by molar-refractivity contribution is 7.89. The Balaban J connectivity index is 1.76. The smallest absolute Gasteiger partial charge is 0.263 e. The number of H-pyrrole nitrogens is 1. The van der Waals surface area contributed by atoms with E-state index in [9.17, 15) is 26.7 Å². The van der Waals surface area contributed by atoms with Crippen LogP contribution in [-0.2, 0) is 10.0 Å². The van der Waals surface area contributed by atoms with Crippen molar-refractivity contribution >= 4 is 26.7 Å². The van der Waals surface area contributed by atoms with E-state index in [1.54, 1.807) is 19.1 Å². The molecule has 11 heteroatoms. The number of aryl methyl sites for hydroxylation is 1. The molecule has 0 saturated carbocycles. The number of halogens is 3. The fourth-order valence-electron chi connectivity index (χ4n) is 3.92. The average Bonchev–Trinajstić information content (AvgIpc) is 3.22. The molecular formula is C19H19F3N4O3S. The van der Waals surface area contributed by atoms with E-state index in [1.807, 2.05) is 0 Å². The van der Waals surface area contributed by atoms with Gasteiger partial charge in [0.15, 0.2) is 5.82 Å². The van der Waals surface area contributed by atoms with Crippen LogP contribution in [0.4, 0.5) is 19.0 Å². The first-order valence-corrected chi connectivity index (χ1v) is 10.5. The van der Waals surface area contributed by atoms with Crippen LogP contribution in [0.25, 0.3) is 22.0 Å². The summed E-state index contributed by atoms with van der Waals surface area (Å²) in [6.45, 7) is -0.0635. The van der Waals surface area contributed by atoms with Gasteiger partial charge >= 0.3 is 0 Å². The summed E-state index contributed by atoms with van der Waals surface area (Å²) in [6.07, 6.45) is -0.783. The Kier molecular flexibility index (Phi) is 4.79. The summed E-state index contributed by atoms with van der Waals surface area (Å²) in [4.78, 5) is -0.457. The first-order valence-electron chi connectivity index (χ1n) is 9.09. The van der Waals surface area contributed by atoms with Gasteiger partial charge in [0.25, 0.3) is 5.92 Å². The van der Waals surface area contributed by atoms with Crippen molar-refractivity contribution in [3.8, 4) is 11.1 Å². The lowest BCUT2D eigenvalue weighted by Gasteiger charge is -2.22. The van der Waals surface area contributed by atoms with Crippen molar-refractivity contribution in [3.63, 3.8) is 0 Å². The molecule has 1 atom stereocenters. The molecule has 0 unspecified atom stereocenters. The van der Waals surface area contributed by atoms with E-state index in [0.29, 0.717) is 26.3 Å². The van der Waals surface area contributed by atoms with E-state index < -0.39 is 52.3 Å². The molecule has 3 aromatic rings. The molecule has 160 valence electrons. The van der Waals surface area contributed by atoms with Crippen LogP contribution in [0.3, 0.4) is 0 Å². The Morgan fingerprint density at radius 1 is 1.30 bits per heavy atom. The summed E-state index contributed by atoms with van der Waals surface area (Å²) in [5, 5.41) is 16.6. The van der Waals surface area contributed by atoms with Gasteiger partial charge in [0, 0.05) is 17.4 Å². The number of nitrogens with one attached hydrogen (secondary N) is 1. The number of hydrogen-bond acceptors (Lipinski definition) is 5. The SMILES string of the molecule is Cc1c(-c2ccc(S(=O)(=O)N3CC(F)(F)C[C@H]3CO)cc2F)ccc2[nH]nc(N)c12. The molecule has 1 aliphatic rings. The predicted octanol–water partition coefficient (Wildman–Crippen LogP) is 2.65. The van der Waals surface area contributed by atoms with Crippen LogP contribution in [0.5, 0.6) is 0 Å². The second-order valence-electron chi connectivity index (χ2n) is 7.36. The van der Waals surface area contributed by atoms with E-state index in [-0.39, 0.29) is 11.4 Å². The maximum Gasteiger partial charge on any atom is 0.263 e. The lowest BCUT2D eigenvalue weighted by atomic mass is 9.97. The van der Waals surface area contributed by atoms with Crippen LogP contribution in [-0.4, -0.2) is 53.1 Å². The first kappa shape index (κ1) is 20.6. The highest BCUT2D eigenvalue weighted by Gasteiger charge is 2.49. The number of benzene rings is 2. The Bertz CT molecular complexity index is 1240. The molecule has 0 radical (unpaired) electrons. The van der Waals surface area contributed by atoms with Gasteiger partial charge in [-0.15, -0.1) is 0 Å². The quantitative estimate of drug-likeness (QED) is 0.578. The Morgan fingerprint density at radius 2 is 2.00 bits per heavy atom. The van der Waals surface area contributed by atoms with Crippen molar-refractivity contribution in [2.24, 2.45) is 0 Å². The largest absolute Gasteiger partial charge is 0.395 e. The molecule has 4 N–H and O–H groups in total. The maximum atomic E-state index is 15.0.